The van der Waals surface area contributed by atoms with E-state index in [-0.39, 0.29) is 0 Å². The fraction of sp³-hybridized carbons (Fsp3) is 0.471. The number of ether oxygens (including phenoxy) is 3. The van der Waals surface area contributed by atoms with Crippen molar-refractivity contribution in [2.75, 3.05) is 20.3 Å². The van der Waals surface area contributed by atoms with Gasteiger partial charge in [-0.15, -0.1) is 0 Å². The number of hydrogen-bond donors (Lipinski definition) is 0. The Hall–Kier alpha value is -1.85. The molecule has 0 radical (unpaired) electrons. The third-order valence-electron chi connectivity index (χ3n) is 3.96. The summed E-state index contributed by atoms with van der Waals surface area (Å²) in [5.74, 6) is 0.320. The second-order valence-corrected chi connectivity index (χ2v) is 5.54. The number of nitrogens with zero attached hydrogens (tertiary/aromatic N) is 2. The van der Waals surface area contributed by atoms with E-state index in [1.54, 1.807) is 19.6 Å². The zero-order valence-electron chi connectivity index (χ0n) is 12.9. The molecule has 0 spiro atoms. The van der Waals surface area contributed by atoms with Crippen molar-refractivity contribution in [3.05, 3.63) is 48.5 Å². The Morgan fingerprint density at radius 3 is 2.64 bits per heavy atom. The molecule has 22 heavy (non-hydrogen) atoms. The van der Waals surface area contributed by atoms with Gasteiger partial charge in [-0.3, -0.25) is 0 Å². The summed E-state index contributed by atoms with van der Waals surface area (Å²) in [4.78, 5) is 4.09. The Bertz CT molecular complexity index is 560. The van der Waals surface area contributed by atoms with E-state index < -0.39 is 5.79 Å². The van der Waals surface area contributed by atoms with Crippen LogP contribution in [0.1, 0.15) is 18.4 Å². The lowest BCUT2D eigenvalue weighted by atomic mass is 10.0. The molecule has 5 nitrogen and oxygen atoms in total. The molecular weight excluding hydrogens is 280 g/mol. The second-order valence-electron chi connectivity index (χ2n) is 5.54. The number of imidazole rings is 1. The molecule has 0 bridgehead atoms. The molecule has 0 N–H and O–H groups in total. The van der Waals surface area contributed by atoms with Crippen molar-refractivity contribution in [3.63, 3.8) is 0 Å². The van der Waals surface area contributed by atoms with Crippen LogP contribution in [0.2, 0.25) is 0 Å². The second kappa shape index (κ2) is 6.94. The molecule has 0 atom stereocenters. The van der Waals surface area contributed by atoms with Crippen molar-refractivity contribution in [1.29, 1.82) is 0 Å². The molecule has 1 aliphatic heterocycles. The molecule has 2 heterocycles. The summed E-state index contributed by atoms with van der Waals surface area (Å²) in [6.07, 6.45) is 8.19. The summed E-state index contributed by atoms with van der Waals surface area (Å²) in [6.45, 7) is 2.16. The van der Waals surface area contributed by atoms with Gasteiger partial charge in [-0.25, -0.2) is 4.98 Å². The summed E-state index contributed by atoms with van der Waals surface area (Å²) in [5, 5.41) is 0. The minimum atomic E-state index is -0.557. The lowest BCUT2D eigenvalue weighted by Gasteiger charge is -2.37. The highest BCUT2D eigenvalue weighted by Crippen LogP contribution is 2.27. The van der Waals surface area contributed by atoms with Gasteiger partial charge in [0.05, 0.1) is 33.2 Å². The molecule has 3 rings (SSSR count). The molecule has 5 heteroatoms. The molecule has 1 aromatic heterocycles. The molecule has 0 saturated carbocycles. The average molecular weight is 302 g/mol. The van der Waals surface area contributed by atoms with E-state index in [0.717, 1.165) is 38.2 Å². The van der Waals surface area contributed by atoms with Crippen LogP contribution in [-0.2, 0) is 22.4 Å². The van der Waals surface area contributed by atoms with Crippen molar-refractivity contribution in [3.8, 4) is 5.75 Å². The van der Waals surface area contributed by atoms with Gasteiger partial charge in [0.2, 0.25) is 0 Å². The maximum atomic E-state index is 6.01. The van der Waals surface area contributed by atoms with Crippen LogP contribution in [-0.4, -0.2) is 35.7 Å². The predicted molar refractivity (Wildman–Crippen MR) is 82.8 cm³/mol. The molecular formula is C17H22N2O3. The van der Waals surface area contributed by atoms with E-state index in [1.165, 1.54) is 5.56 Å². The van der Waals surface area contributed by atoms with E-state index in [9.17, 15) is 0 Å². The highest BCUT2D eigenvalue weighted by molar-refractivity contribution is 5.27. The van der Waals surface area contributed by atoms with Crippen LogP contribution >= 0.6 is 0 Å². The van der Waals surface area contributed by atoms with Gasteiger partial charge < -0.3 is 18.8 Å². The van der Waals surface area contributed by atoms with Gasteiger partial charge >= 0.3 is 0 Å². The first-order valence-corrected chi connectivity index (χ1v) is 7.66. The van der Waals surface area contributed by atoms with Crippen LogP contribution in [0.3, 0.4) is 0 Å². The first kappa shape index (κ1) is 15.1. The van der Waals surface area contributed by atoms with Gasteiger partial charge in [0.15, 0.2) is 5.79 Å². The van der Waals surface area contributed by atoms with Crippen molar-refractivity contribution in [2.45, 2.75) is 31.6 Å². The minimum absolute atomic E-state index is 0.557. The molecule has 2 aromatic rings. The lowest BCUT2D eigenvalue weighted by molar-refractivity contribution is -0.276. The molecule has 0 amide bonds. The van der Waals surface area contributed by atoms with Crippen LogP contribution < -0.4 is 4.74 Å². The smallest absolute Gasteiger partial charge is 0.186 e. The summed E-state index contributed by atoms with van der Waals surface area (Å²) in [5.41, 5.74) is 1.25. The number of benzene rings is 1. The zero-order valence-corrected chi connectivity index (χ0v) is 12.9. The minimum Gasteiger partial charge on any atom is -0.497 e. The van der Waals surface area contributed by atoms with Gasteiger partial charge in [-0.05, 0) is 30.5 Å². The van der Waals surface area contributed by atoms with Crippen molar-refractivity contribution >= 4 is 0 Å². The normalized spacial score (nSPS) is 17.3. The Labute approximate surface area is 130 Å². The number of aromatic nitrogens is 2. The third kappa shape index (κ3) is 3.67. The summed E-state index contributed by atoms with van der Waals surface area (Å²) in [6, 6.07) is 8.15. The SMILES string of the molecule is COc1ccc(CCC2(Cn3ccnc3)OCCCO2)cc1. The Balaban J connectivity index is 1.66. The molecule has 1 aromatic carbocycles. The first-order valence-electron chi connectivity index (χ1n) is 7.66. The highest BCUT2D eigenvalue weighted by atomic mass is 16.7. The molecule has 1 saturated heterocycles. The van der Waals surface area contributed by atoms with Gasteiger partial charge in [0.25, 0.3) is 0 Å². The quantitative estimate of drug-likeness (QED) is 0.823. The lowest BCUT2D eigenvalue weighted by Crippen LogP contribution is -2.44. The molecule has 0 aliphatic carbocycles. The summed E-state index contributed by atoms with van der Waals surface area (Å²) in [7, 11) is 1.68. The average Bonchev–Trinajstić information content (AvgIpc) is 3.07. The number of methoxy groups -OCH3 is 1. The summed E-state index contributed by atoms with van der Waals surface area (Å²) >= 11 is 0. The van der Waals surface area contributed by atoms with Gasteiger partial charge in [0.1, 0.15) is 5.75 Å². The van der Waals surface area contributed by atoms with Crippen LogP contribution in [0.4, 0.5) is 0 Å². The highest BCUT2D eigenvalue weighted by Gasteiger charge is 2.34. The molecule has 118 valence electrons. The van der Waals surface area contributed by atoms with Crippen LogP contribution in [0.25, 0.3) is 0 Å². The molecule has 1 aliphatic rings. The molecule has 1 fully saturated rings. The Morgan fingerprint density at radius 1 is 1.23 bits per heavy atom. The van der Waals surface area contributed by atoms with Crippen LogP contribution in [0.5, 0.6) is 5.75 Å². The van der Waals surface area contributed by atoms with Crippen LogP contribution in [0, 0.1) is 0 Å². The first-order chi connectivity index (χ1) is 10.8. The maximum Gasteiger partial charge on any atom is 0.186 e. The Morgan fingerprint density at radius 2 is 2.00 bits per heavy atom. The van der Waals surface area contributed by atoms with Crippen LogP contribution in [0.15, 0.2) is 43.0 Å². The van der Waals surface area contributed by atoms with E-state index in [2.05, 4.69) is 17.1 Å². The number of aryl methyl sites for hydroxylation is 1. The monoisotopic (exact) mass is 302 g/mol. The fourth-order valence-corrected chi connectivity index (χ4v) is 2.72. The van der Waals surface area contributed by atoms with Gasteiger partial charge in [-0.2, -0.15) is 0 Å². The number of rotatable bonds is 6. The van der Waals surface area contributed by atoms with E-state index in [4.69, 9.17) is 14.2 Å². The van der Waals surface area contributed by atoms with Crippen molar-refractivity contribution in [1.82, 2.24) is 9.55 Å². The standard InChI is InChI=1S/C17H22N2O3/c1-20-16-5-3-15(4-6-16)7-8-17(21-11-2-12-22-17)13-19-10-9-18-14-19/h3-6,9-10,14H,2,7-8,11-13H2,1H3. The predicted octanol–water partition coefficient (Wildman–Crippen LogP) is 2.66. The van der Waals surface area contributed by atoms with Crippen molar-refractivity contribution < 1.29 is 14.2 Å². The van der Waals surface area contributed by atoms with Crippen molar-refractivity contribution in [2.24, 2.45) is 0 Å². The van der Waals surface area contributed by atoms with Gasteiger partial charge in [-0.1, -0.05) is 12.1 Å². The van der Waals surface area contributed by atoms with E-state index in [1.807, 2.05) is 22.9 Å². The zero-order chi connectivity index (χ0) is 15.3. The molecule has 0 unspecified atom stereocenters. The fourth-order valence-electron chi connectivity index (χ4n) is 2.72. The van der Waals surface area contributed by atoms with E-state index >= 15 is 0 Å². The third-order valence-corrected chi connectivity index (χ3v) is 3.96. The number of hydrogen-bond acceptors (Lipinski definition) is 4. The topological polar surface area (TPSA) is 45.5 Å². The van der Waals surface area contributed by atoms with E-state index in [0.29, 0.717) is 6.54 Å². The Kier molecular flexibility index (Phi) is 4.75. The maximum absolute atomic E-state index is 6.01. The largest absolute Gasteiger partial charge is 0.497 e. The van der Waals surface area contributed by atoms with Gasteiger partial charge in [0, 0.05) is 18.8 Å². The summed E-state index contributed by atoms with van der Waals surface area (Å²) < 4.78 is 19.2.